The summed E-state index contributed by atoms with van der Waals surface area (Å²) in [4.78, 5) is 15.2. The van der Waals surface area contributed by atoms with E-state index in [2.05, 4.69) is 15.2 Å². The van der Waals surface area contributed by atoms with Crippen molar-refractivity contribution < 1.29 is 9.53 Å². The molecular formula is C9H7N3O2. The Hall–Kier alpha value is -2.17. The maximum absolute atomic E-state index is 11.4. The molecule has 2 rings (SSSR count). The molecule has 0 radical (unpaired) electrons. The minimum Gasteiger partial charge on any atom is -0.404 e. The lowest BCUT2D eigenvalue weighted by molar-refractivity contribution is 0.0727. The van der Waals surface area contributed by atoms with Crippen LogP contribution in [0.1, 0.15) is 10.4 Å². The summed E-state index contributed by atoms with van der Waals surface area (Å²) < 4.78 is 4.94. The van der Waals surface area contributed by atoms with E-state index in [0.29, 0.717) is 11.4 Å². The van der Waals surface area contributed by atoms with Crippen LogP contribution >= 0.6 is 0 Å². The Balaban J connectivity index is 2.11. The molecule has 2 aromatic rings. The van der Waals surface area contributed by atoms with E-state index in [1.165, 1.54) is 12.4 Å². The molecule has 2 heterocycles. The smallest absolute Gasteiger partial charge is 0.346 e. The monoisotopic (exact) mass is 189 g/mol. The number of carbonyl (C=O) groups is 1. The highest BCUT2D eigenvalue weighted by Gasteiger charge is 2.08. The van der Waals surface area contributed by atoms with Crippen molar-refractivity contribution in [2.75, 3.05) is 0 Å². The van der Waals surface area contributed by atoms with Gasteiger partial charge in [-0.05, 0) is 12.1 Å². The zero-order chi connectivity index (χ0) is 9.80. The van der Waals surface area contributed by atoms with Crippen LogP contribution < -0.4 is 4.74 Å². The van der Waals surface area contributed by atoms with Crippen molar-refractivity contribution >= 4 is 5.97 Å². The van der Waals surface area contributed by atoms with E-state index < -0.39 is 5.97 Å². The zero-order valence-electron chi connectivity index (χ0n) is 7.18. The Morgan fingerprint density at radius 1 is 1.36 bits per heavy atom. The number of hydrogen-bond donors (Lipinski definition) is 1. The fourth-order valence-electron chi connectivity index (χ4n) is 0.942. The summed E-state index contributed by atoms with van der Waals surface area (Å²) >= 11 is 0. The van der Waals surface area contributed by atoms with Crippen molar-refractivity contribution in [3.8, 4) is 5.88 Å². The van der Waals surface area contributed by atoms with Crippen LogP contribution in [-0.2, 0) is 0 Å². The van der Waals surface area contributed by atoms with E-state index >= 15 is 0 Å². The average molecular weight is 189 g/mol. The second-order valence-electron chi connectivity index (χ2n) is 2.55. The normalized spacial score (nSPS) is 9.71. The van der Waals surface area contributed by atoms with Gasteiger partial charge in [-0.3, -0.25) is 4.98 Å². The Bertz CT molecular complexity index is 411. The molecule has 0 atom stereocenters. The van der Waals surface area contributed by atoms with Gasteiger partial charge in [0.15, 0.2) is 0 Å². The fraction of sp³-hybridized carbons (Fsp3) is 0. The molecule has 0 saturated carbocycles. The van der Waals surface area contributed by atoms with Crippen LogP contribution in [0.25, 0.3) is 0 Å². The van der Waals surface area contributed by atoms with Gasteiger partial charge in [-0.1, -0.05) is 0 Å². The first-order valence-electron chi connectivity index (χ1n) is 3.98. The highest BCUT2D eigenvalue weighted by molar-refractivity contribution is 5.90. The van der Waals surface area contributed by atoms with Gasteiger partial charge in [0.1, 0.15) is 0 Å². The van der Waals surface area contributed by atoms with E-state index in [1.54, 1.807) is 24.4 Å². The average Bonchev–Trinajstić information content (AvgIpc) is 2.72. The second-order valence-corrected chi connectivity index (χ2v) is 2.55. The molecule has 0 saturated heterocycles. The van der Waals surface area contributed by atoms with E-state index in [-0.39, 0.29) is 0 Å². The van der Waals surface area contributed by atoms with E-state index in [1.807, 2.05) is 0 Å². The van der Waals surface area contributed by atoms with Gasteiger partial charge in [-0.25, -0.2) is 9.89 Å². The predicted octanol–water partition coefficient (Wildman–Crippen LogP) is 1.02. The van der Waals surface area contributed by atoms with Gasteiger partial charge in [-0.15, -0.1) is 0 Å². The SMILES string of the molecule is O=C(Oc1ccn[nH]1)c1cccnc1. The van der Waals surface area contributed by atoms with E-state index in [0.717, 1.165) is 0 Å². The number of hydrogen-bond acceptors (Lipinski definition) is 4. The van der Waals surface area contributed by atoms with Crippen LogP contribution in [0.4, 0.5) is 0 Å². The summed E-state index contributed by atoms with van der Waals surface area (Å²) in [5, 5.41) is 6.18. The number of pyridine rings is 1. The quantitative estimate of drug-likeness (QED) is 0.716. The first-order valence-corrected chi connectivity index (χ1v) is 3.98. The van der Waals surface area contributed by atoms with Gasteiger partial charge < -0.3 is 4.74 Å². The molecular weight excluding hydrogens is 182 g/mol. The first kappa shape index (κ1) is 8.43. The third-order valence-electron chi connectivity index (χ3n) is 1.58. The molecule has 14 heavy (non-hydrogen) atoms. The maximum atomic E-state index is 11.4. The van der Waals surface area contributed by atoms with E-state index in [9.17, 15) is 4.79 Å². The first-order chi connectivity index (χ1) is 6.86. The van der Waals surface area contributed by atoms with Gasteiger partial charge in [0, 0.05) is 18.5 Å². The maximum Gasteiger partial charge on any atom is 0.346 e. The van der Waals surface area contributed by atoms with Crippen LogP contribution in [0.15, 0.2) is 36.8 Å². The molecule has 1 N–H and O–H groups in total. The van der Waals surface area contributed by atoms with Crippen LogP contribution in [0.2, 0.25) is 0 Å². The minimum atomic E-state index is -0.456. The Morgan fingerprint density at radius 3 is 2.93 bits per heavy atom. The summed E-state index contributed by atoms with van der Waals surface area (Å²) in [7, 11) is 0. The van der Waals surface area contributed by atoms with Crippen molar-refractivity contribution in [3.63, 3.8) is 0 Å². The minimum absolute atomic E-state index is 0.318. The van der Waals surface area contributed by atoms with Gasteiger partial charge in [0.25, 0.3) is 0 Å². The molecule has 70 valence electrons. The molecule has 0 bridgehead atoms. The van der Waals surface area contributed by atoms with Gasteiger partial charge in [-0.2, -0.15) is 5.10 Å². The molecule has 0 amide bonds. The Morgan fingerprint density at radius 2 is 2.29 bits per heavy atom. The lowest BCUT2D eigenvalue weighted by Crippen LogP contribution is -2.08. The lowest BCUT2D eigenvalue weighted by atomic mass is 10.3. The summed E-state index contributed by atoms with van der Waals surface area (Å²) in [5.74, 6) is -0.138. The molecule has 2 aromatic heterocycles. The third-order valence-corrected chi connectivity index (χ3v) is 1.58. The van der Waals surface area contributed by atoms with Crippen molar-refractivity contribution in [2.24, 2.45) is 0 Å². The molecule has 0 aliphatic rings. The summed E-state index contributed by atoms with van der Waals surface area (Å²) in [6.07, 6.45) is 4.54. The molecule has 0 fully saturated rings. The van der Waals surface area contributed by atoms with Gasteiger partial charge in [0.05, 0.1) is 11.8 Å². The Labute approximate surface area is 79.7 Å². The highest BCUT2D eigenvalue weighted by Crippen LogP contribution is 2.06. The third kappa shape index (κ3) is 1.77. The number of aromatic nitrogens is 3. The van der Waals surface area contributed by atoms with E-state index in [4.69, 9.17) is 4.74 Å². The topological polar surface area (TPSA) is 67.9 Å². The molecule has 0 aromatic carbocycles. The van der Waals surface area contributed by atoms with Crippen molar-refractivity contribution in [3.05, 3.63) is 42.4 Å². The second kappa shape index (κ2) is 3.69. The number of ether oxygens (including phenoxy) is 1. The number of aromatic amines is 1. The highest BCUT2D eigenvalue weighted by atomic mass is 16.5. The molecule has 5 nitrogen and oxygen atoms in total. The number of carbonyl (C=O) groups excluding carboxylic acids is 1. The number of nitrogens with one attached hydrogen (secondary N) is 1. The fourth-order valence-corrected chi connectivity index (χ4v) is 0.942. The zero-order valence-corrected chi connectivity index (χ0v) is 7.18. The molecule has 0 unspecified atom stereocenters. The summed E-state index contributed by atoms with van der Waals surface area (Å²) in [5.41, 5.74) is 0.405. The van der Waals surface area contributed by atoms with Crippen LogP contribution in [0.5, 0.6) is 5.88 Å². The standard InChI is InChI=1S/C9H7N3O2/c13-9(7-2-1-4-10-6-7)14-8-3-5-11-12-8/h1-6H,(H,11,12). The number of nitrogens with zero attached hydrogens (tertiary/aromatic N) is 2. The molecule has 0 aliphatic carbocycles. The summed E-state index contributed by atoms with van der Waals surface area (Å²) in [6.45, 7) is 0. The summed E-state index contributed by atoms with van der Waals surface area (Å²) in [6, 6.07) is 4.86. The number of rotatable bonds is 2. The largest absolute Gasteiger partial charge is 0.404 e. The number of esters is 1. The Kier molecular flexibility index (Phi) is 2.22. The van der Waals surface area contributed by atoms with Gasteiger partial charge >= 0.3 is 5.97 Å². The van der Waals surface area contributed by atoms with Crippen LogP contribution in [-0.4, -0.2) is 21.2 Å². The van der Waals surface area contributed by atoms with Crippen LogP contribution in [0.3, 0.4) is 0 Å². The lowest BCUT2D eigenvalue weighted by Gasteiger charge is -1.99. The van der Waals surface area contributed by atoms with Crippen LogP contribution in [0, 0.1) is 0 Å². The van der Waals surface area contributed by atoms with Crippen molar-refractivity contribution in [1.82, 2.24) is 15.2 Å². The predicted molar refractivity (Wildman–Crippen MR) is 47.8 cm³/mol. The van der Waals surface area contributed by atoms with Gasteiger partial charge in [0.2, 0.25) is 5.88 Å². The molecule has 0 aliphatic heterocycles. The van der Waals surface area contributed by atoms with Crippen molar-refractivity contribution in [1.29, 1.82) is 0 Å². The number of H-pyrrole nitrogens is 1. The molecule has 0 spiro atoms. The molecule has 5 heteroatoms. The van der Waals surface area contributed by atoms with Crippen molar-refractivity contribution in [2.45, 2.75) is 0 Å².